The second kappa shape index (κ2) is 7.21. The quantitative estimate of drug-likeness (QED) is 0.836. The van der Waals surface area contributed by atoms with Gasteiger partial charge in [0.25, 0.3) is 0 Å². The third kappa shape index (κ3) is 4.05. The molecule has 20 heavy (non-hydrogen) atoms. The summed E-state index contributed by atoms with van der Waals surface area (Å²) >= 11 is 0. The largest absolute Gasteiger partial charge is 0.314 e. The molecule has 0 radical (unpaired) electrons. The van der Waals surface area contributed by atoms with Crippen molar-refractivity contribution >= 4 is 0 Å². The van der Waals surface area contributed by atoms with Gasteiger partial charge in [-0.15, -0.1) is 0 Å². The average Bonchev–Trinajstić information content (AvgIpc) is 2.43. The van der Waals surface area contributed by atoms with Gasteiger partial charge in [0.2, 0.25) is 0 Å². The van der Waals surface area contributed by atoms with Crippen LogP contribution in [-0.2, 0) is 6.42 Å². The molecule has 1 aliphatic rings. The highest BCUT2D eigenvalue weighted by atomic mass is 19.1. The highest BCUT2D eigenvalue weighted by Gasteiger charge is 2.26. The van der Waals surface area contributed by atoms with Crippen molar-refractivity contribution in [1.29, 1.82) is 0 Å². The first-order valence-corrected chi connectivity index (χ1v) is 8.08. The van der Waals surface area contributed by atoms with E-state index in [1.807, 2.05) is 6.07 Å². The van der Waals surface area contributed by atoms with E-state index < -0.39 is 0 Å². The first-order valence-electron chi connectivity index (χ1n) is 8.08. The zero-order valence-electron chi connectivity index (χ0n) is 13.1. The lowest BCUT2D eigenvalue weighted by Gasteiger charge is -2.33. The summed E-state index contributed by atoms with van der Waals surface area (Å²) in [6.07, 6.45) is 6.26. The fraction of sp³-hybridized carbons (Fsp3) is 0.667. The normalized spacial score (nSPS) is 24.6. The molecular weight excluding hydrogens is 249 g/mol. The molecular formula is C18H28FN. The van der Waals surface area contributed by atoms with Crippen molar-refractivity contribution in [2.45, 2.75) is 58.9 Å². The Bertz CT molecular complexity index is 421. The fourth-order valence-corrected chi connectivity index (χ4v) is 3.45. The minimum atomic E-state index is -0.113. The number of hydrogen-bond acceptors (Lipinski definition) is 1. The van der Waals surface area contributed by atoms with E-state index in [2.05, 4.69) is 26.1 Å². The maximum atomic E-state index is 13.5. The van der Waals surface area contributed by atoms with Crippen molar-refractivity contribution in [3.63, 3.8) is 0 Å². The molecule has 2 rings (SSSR count). The summed E-state index contributed by atoms with van der Waals surface area (Å²) in [5.41, 5.74) is 2.37. The number of aryl methyl sites for hydroxylation is 1. The zero-order valence-corrected chi connectivity index (χ0v) is 13.1. The third-order valence-electron chi connectivity index (χ3n) is 4.85. The predicted octanol–water partition coefficient (Wildman–Crippen LogP) is 4.48. The summed E-state index contributed by atoms with van der Waals surface area (Å²) in [6.45, 7) is 7.60. The molecule has 0 saturated heterocycles. The molecule has 2 heteroatoms. The molecule has 0 heterocycles. The summed E-state index contributed by atoms with van der Waals surface area (Å²) in [7, 11) is 0. The molecule has 1 N–H and O–H groups in total. The van der Waals surface area contributed by atoms with Crippen molar-refractivity contribution in [2.75, 3.05) is 6.54 Å². The van der Waals surface area contributed by atoms with E-state index in [1.54, 1.807) is 12.1 Å². The Labute approximate surface area is 123 Å². The molecule has 1 fully saturated rings. The molecule has 1 nitrogen and oxygen atoms in total. The van der Waals surface area contributed by atoms with Crippen LogP contribution in [0.5, 0.6) is 0 Å². The van der Waals surface area contributed by atoms with Crippen molar-refractivity contribution in [3.8, 4) is 0 Å². The third-order valence-corrected chi connectivity index (χ3v) is 4.85. The lowest BCUT2D eigenvalue weighted by Crippen LogP contribution is -2.39. The molecule has 1 aromatic carbocycles. The number of rotatable bonds is 5. The van der Waals surface area contributed by atoms with Gasteiger partial charge in [-0.2, -0.15) is 0 Å². The summed E-state index contributed by atoms with van der Waals surface area (Å²) in [5.74, 6) is 1.51. The monoisotopic (exact) mass is 277 g/mol. The summed E-state index contributed by atoms with van der Waals surface area (Å²) in [6, 6.07) is 5.67. The van der Waals surface area contributed by atoms with E-state index >= 15 is 0 Å². The first kappa shape index (κ1) is 15.5. The van der Waals surface area contributed by atoms with Crippen LogP contribution in [0.15, 0.2) is 18.2 Å². The van der Waals surface area contributed by atoms with E-state index in [1.165, 1.54) is 31.2 Å². The average molecular weight is 277 g/mol. The molecule has 0 aromatic heterocycles. The van der Waals surface area contributed by atoms with Gasteiger partial charge >= 0.3 is 0 Å². The minimum Gasteiger partial charge on any atom is -0.314 e. The van der Waals surface area contributed by atoms with Gasteiger partial charge in [-0.1, -0.05) is 32.8 Å². The van der Waals surface area contributed by atoms with Crippen LogP contribution in [0.3, 0.4) is 0 Å². The molecule has 0 bridgehead atoms. The van der Waals surface area contributed by atoms with Gasteiger partial charge in [0, 0.05) is 6.04 Å². The molecule has 1 aromatic rings. The molecule has 1 saturated carbocycles. The predicted molar refractivity (Wildman–Crippen MR) is 83.4 cm³/mol. The van der Waals surface area contributed by atoms with Gasteiger partial charge in [-0.05, 0) is 67.8 Å². The molecule has 0 amide bonds. The van der Waals surface area contributed by atoms with Crippen LogP contribution in [0, 0.1) is 24.6 Å². The van der Waals surface area contributed by atoms with E-state index in [-0.39, 0.29) is 5.82 Å². The van der Waals surface area contributed by atoms with Crippen LogP contribution in [0.4, 0.5) is 4.39 Å². The minimum absolute atomic E-state index is 0.113. The van der Waals surface area contributed by atoms with Crippen LogP contribution in [0.2, 0.25) is 0 Å². The number of hydrogen-bond donors (Lipinski definition) is 1. The maximum absolute atomic E-state index is 13.5. The van der Waals surface area contributed by atoms with Crippen LogP contribution in [0.1, 0.15) is 50.7 Å². The van der Waals surface area contributed by atoms with Crippen LogP contribution in [-0.4, -0.2) is 12.6 Å². The van der Waals surface area contributed by atoms with Gasteiger partial charge in [-0.3, -0.25) is 0 Å². The Balaban J connectivity index is 2.06. The number of nitrogens with one attached hydrogen (secondary N) is 1. The van der Waals surface area contributed by atoms with Gasteiger partial charge in [0.05, 0.1) is 0 Å². The topological polar surface area (TPSA) is 12.0 Å². The van der Waals surface area contributed by atoms with E-state index in [0.29, 0.717) is 6.04 Å². The molecule has 112 valence electrons. The van der Waals surface area contributed by atoms with E-state index in [0.717, 1.165) is 30.4 Å². The van der Waals surface area contributed by atoms with Crippen molar-refractivity contribution < 1.29 is 4.39 Å². The lowest BCUT2D eigenvalue weighted by molar-refractivity contribution is 0.230. The van der Waals surface area contributed by atoms with Gasteiger partial charge < -0.3 is 5.32 Å². The smallest absolute Gasteiger partial charge is 0.123 e. The van der Waals surface area contributed by atoms with Gasteiger partial charge in [0.15, 0.2) is 0 Å². The summed E-state index contributed by atoms with van der Waals surface area (Å²) in [5, 5.41) is 3.64. The Morgan fingerprint density at radius 2 is 1.95 bits per heavy atom. The van der Waals surface area contributed by atoms with Crippen molar-refractivity contribution in [1.82, 2.24) is 5.32 Å². The Morgan fingerprint density at radius 3 is 2.60 bits per heavy atom. The van der Waals surface area contributed by atoms with Crippen molar-refractivity contribution in [2.24, 2.45) is 11.8 Å². The summed E-state index contributed by atoms with van der Waals surface area (Å²) in [4.78, 5) is 0. The molecule has 0 aliphatic heterocycles. The van der Waals surface area contributed by atoms with Gasteiger partial charge in [0.1, 0.15) is 5.82 Å². The van der Waals surface area contributed by atoms with Crippen LogP contribution < -0.4 is 5.32 Å². The standard InChI is InChI=1S/C18H28FN/c1-4-20-18(15-8-5-13(2)6-9-15)12-16-11-17(19)10-7-14(16)3/h7,10-11,13,15,18,20H,4-6,8-9,12H2,1-3H3. The molecule has 0 spiro atoms. The zero-order chi connectivity index (χ0) is 14.5. The Hall–Kier alpha value is -0.890. The lowest BCUT2D eigenvalue weighted by atomic mass is 9.77. The van der Waals surface area contributed by atoms with Crippen LogP contribution >= 0.6 is 0 Å². The molecule has 1 atom stereocenters. The van der Waals surface area contributed by atoms with Crippen molar-refractivity contribution in [3.05, 3.63) is 35.1 Å². The van der Waals surface area contributed by atoms with Gasteiger partial charge in [-0.25, -0.2) is 4.39 Å². The fourth-order valence-electron chi connectivity index (χ4n) is 3.45. The molecule has 1 aliphatic carbocycles. The molecule has 1 unspecified atom stereocenters. The second-order valence-corrected chi connectivity index (χ2v) is 6.46. The number of halogens is 1. The van der Waals surface area contributed by atoms with E-state index in [4.69, 9.17) is 0 Å². The summed E-state index contributed by atoms with van der Waals surface area (Å²) < 4.78 is 13.5. The second-order valence-electron chi connectivity index (χ2n) is 6.46. The number of benzene rings is 1. The highest BCUT2D eigenvalue weighted by molar-refractivity contribution is 5.27. The maximum Gasteiger partial charge on any atom is 0.123 e. The van der Waals surface area contributed by atoms with Crippen LogP contribution in [0.25, 0.3) is 0 Å². The highest BCUT2D eigenvalue weighted by Crippen LogP contribution is 2.32. The van der Waals surface area contributed by atoms with E-state index in [9.17, 15) is 4.39 Å². The number of likely N-dealkylation sites (N-methyl/N-ethyl adjacent to an activating group) is 1. The SMILES string of the molecule is CCNC(Cc1cc(F)ccc1C)C1CCC(C)CC1. The first-order chi connectivity index (χ1) is 9.60. The Morgan fingerprint density at radius 1 is 1.25 bits per heavy atom. The Kier molecular flexibility index (Phi) is 5.59.